The number of hydrogen-bond donors (Lipinski definition) is 1. The lowest BCUT2D eigenvalue weighted by Gasteiger charge is -1.98. The third-order valence-electron chi connectivity index (χ3n) is 1.86. The largest absolute Gasteiger partial charge is 0.421 e. The first-order valence-electron chi connectivity index (χ1n) is 4.04. The summed E-state index contributed by atoms with van der Waals surface area (Å²) in [5, 5.41) is 3.06. The number of rotatable bonds is 2. The minimum atomic E-state index is -0.546. The van der Waals surface area contributed by atoms with Crippen LogP contribution in [-0.2, 0) is 4.79 Å². The zero-order valence-corrected chi connectivity index (χ0v) is 7.19. The molecule has 1 amide bonds. The van der Waals surface area contributed by atoms with Crippen LogP contribution < -0.4 is 10.9 Å². The van der Waals surface area contributed by atoms with Crippen molar-refractivity contribution in [3.8, 4) is 0 Å². The van der Waals surface area contributed by atoms with Gasteiger partial charge in [0.2, 0.25) is 6.41 Å². The fraction of sp³-hybridized carbons (Fsp3) is 0. The molecule has 1 aromatic heterocycles. The number of nitrogens with one attached hydrogen (secondary N) is 1. The Hall–Kier alpha value is -2.10. The van der Waals surface area contributed by atoms with Crippen molar-refractivity contribution in [2.45, 2.75) is 0 Å². The predicted molar refractivity (Wildman–Crippen MR) is 52.2 cm³/mol. The Morgan fingerprint density at radius 1 is 1.29 bits per heavy atom. The highest BCUT2D eigenvalue weighted by Crippen LogP contribution is 2.14. The normalized spacial score (nSPS) is 10.0. The second-order valence-electron chi connectivity index (χ2n) is 2.75. The van der Waals surface area contributed by atoms with E-state index in [0.29, 0.717) is 12.0 Å². The van der Waals surface area contributed by atoms with Crippen LogP contribution in [0.5, 0.6) is 0 Å². The van der Waals surface area contributed by atoms with E-state index in [-0.39, 0.29) is 5.69 Å². The summed E-state index contributed by atoms with van der Waals surface area (Å²) in [6.45, 7) is 0. The lowest BCUT2D eigenvalue weighted by Crippen LogP contribution is -2.08. The van der Waals surface area contributed by atoms with Crippen LogP contribution in [0.25, 0.3) is 11.0 Å². The van der Waals surface area contributed by atoms with Gasteiger partial charge in [-0.05, 0) is 12.1 Å². The molecule has 70 valence electrons. The summed E-state index contributed by atoms with van der Waals surface area (Å²) in [5.74, 6) is 0. The maximum absolute atomic E-state index is 11.2. The van der Waals surface area contributed by atoms with Gasteiger partial charge in [0.25, 0.3) is 0 Å². The molecule has 1 heterocycles. The summed E-state index contributed by atoms with van der Waals surface area (Å²) >= 11 is 0. The van der Waals surface area contributed by atoms with Crippen molar-refractivity contribution in [1.29, 1.82) is 0 Å². The van der Waals surface area contributed by atoms with E-state index in [9.17, 15) is 9.59 Å². The first-order valence-corrected chi connectivity index (χ1v) is 4.04. The second kappa shape index (κ2) is 3.33. The summed E-state index contributed by atoms with van der Waals surface area (Å²) < 4.78 is 4.97. The Morgan fingerprint density at radius 2 is 2.07 bits per heavy atom. The smallest absolute Gasteiger partial charge is 0.360 e. The van der Waals surface area contributed by atoms with Gasteiger partial charge in [-0.3, -0.25) is 4.79 Å². The van der Waals surface area contributed by atoms with Crippen molar-refractivity contribution in [3.63, 3.8) is 0 Å². The van der Waals surface area contributed by atoms with Crippen LogP contribution >= 0.6 is 0 Å². The van der Waals surface area contributed by atoms with Crippen molar-refractivity contribution in [3.05, 3.63) is 40.8 Å². The van der Waals surface area contributed by atoms with Gasteiger partial charge in [0, 0.05) is 5.39 Å². The van der Waals surface area contributed by atoms with Gasteiger partial charge in [-0.25, -0.2) is 4.79 Å². The minimum Gasteiger partial charge on any atom is -0.421 e. The summed E-state index contributed by atoms with van der Waals surface area (Å²) in [6, 6.07) is 8.68. The molecule has 0 bridgehead atoms. The Morgan fingerprint density at radius 3 is 2.86 bits per heavy atom. The standard InChI is InChI=1S/C10H7NO3/c12-6-11-8-5-7-3-1-2-4-9(7)14-10(8)13/h1-6H,(H,11,12). The van der Waals surface area contributed by atoms with Crippen LogP contribution in [0.15, 0.2) is 39.5 Å². The molecule has 4 nitrogen and oxygen atoms in total. The molecule has 0 saturated carbocycles. The molecule has 1 N–H and O–H groups in total. The maximum atomic E-state index is 11.2. The van der Waals surface area contributed by atoms with Crippen molar-refractivity contribution in [1.82, 2.24) is 0 Å². The van der Waals surface area contributed by atoms with Crippen molar-refractivity contribution < 1.29 is 9.21 Å². The first kappa shape index (κ1) is 8.50. The van der Waals surface area contributed by atoms with Gasteiger partial charge in [-0.15, -0.1) is 0 Å². The number of fused-ring (bicyclic) bond motifs is 1. The third kappa shape index (κ3) is 1.37. The van der Waals surface area contributed by atoms with Gasteiger partial charge in [-0.1, -0.05) is 18.2 Å². The van der Waals surface area contributed by atoms with Gasteiger partial charge in [-0.2, -0.15) is 0 Å². The van der Waals surface area contributed by atoms with Crippen molar-refractivity contribution in [2.24, 2.45) is 0 Å². The molecule has 2 aromatic rings. The van der Waals surface area contributed by atoms with E-state index in [1.54, 1.807) is 24.3 Å². The number of amides is 1. The number of para-hydroxylation sites is 1. The van der Waals surface area contributed by atoms with E-state index in [1.807, 2.05) is 6.07 Å². The van der Waals surface area contributed by atoms with Gasteiger partial charge in [0.05, 0.1) is 0 Å². The number of benzene rings is 1. The van der Waals surface area contributed by atoms with Crippen LogP contribution in [0, 0.1) is 0 Å². The molecule has 0 saturated heterocycles. The lowest BCUT2D eigenvalue weighted by atomic mass is 10.2. The van der Waals surface area contributed by atoms with Crippen LogP contribution in [0.3, 0.4) is 0 Å². The van der Waals surface area contributed by atoms with Gasteiger partial charge < -0.3 is 9.73 Å². The van der Waals surface area contributed by atoms with Crippen LogP contribution in [-0.4, -0.2) is 6.41 Å². The Bertz CT molecular complexity index is 530. The molecule has 1 aromatic carbocycles. The zero-order valence-electron chi connectivity index (χ0n) is 7.19. The zero-order chi connectivity index (χ0) is 9.97. The Balaban J connectivity index is 2.70. The number of hydrogen-bond acceptors (Lipinski definition) is 3. The highest BCUT2D eigenvalue weighted by molar-refractivity contribution is 5.82. The molecule has 0 spiro atoms. The van der Waals surface area contributed by atoms with Gasteiger partial charge in [0.15, 0.2) is 0 Å². The topological polar surface area (TPSA) is 59.3 Å². The molecule has 2 rings (SSSR count). The van der Waals surface area contributed by atoms with E-state index in [0.717, 1.165) is 5.39 Å². The average molecular weight is 189 g/mol. The summed E-state index contributed by atoms with van der Waals surface area (Å²) in [5.41, 5.74) is 0.114. The Labute approximate surface area is 79.2 Å². The number of anilines is 1. The lowest BCUT2D eigenvalue weighted by molar-refractivity contribution is -0.105. The predicted octanol–water partition coefficient (Wildman–Crippen LogP) is 1.36. The molecule has 0 aliphatic heterocycles. The molecule has 0 unspecified atom stereocenters. The number of carbonyl (C=O) groups is 1. The van der Waals surface area contributed by atoms with Gasteiger partial charge in [0.1, 0.15) is 11.3 Å². The van der Waals surface area contributed by atoms with Crippen molar-refractivity contribution >= 4 is 23.1 Å². The summed E-state index contributed by atoms with van der Waals surface area (Å²) in [6.07, 6.45) is 0.445. The third-order valence-corrected chi connectivity index (χ3v) is 1.86. The van der Waals surface area contributed by atoms with E-state index < -0.39 is 5.63 Å². The minimum absolute atomic E-state index is 0.152. The van der Waals surface area contributed by atoms with E-state index in [1.165, 1.54) is 0 Å². The van der Waals surface area contributed by atoms with E-state index in [2.05, 4.69) is 5.32 Å². The fourth-order valence-corrected chi connectivity index (χ4v) is 1.23. The van der Waals surface area contributed by atoms with Crippen molar-refractivity contribution in [2.75, 3.05) is 5.32 Å². The first-order chi connectivity index (χ1) is 6.81. The number of carbonyl (C=O) groups excluding carboxylic acids is 1. The average Bonchev–Trinajstić information content (AvgIpc) is 2.19. The molecule has 0 fully saturated rings. The molecule has 0 aliphatic carbocycles. The molecule has 4 heteroatoms. The Kier molecular flexibility index (Phi) is 2.02. The van der Waals surface area contributed by atoms with Gasteiger partial charge >= 0.3 is 5.63 Å². The van der Waals surface area contributed by atoms with E-state index >= 15 is 0 Å². The molecule has 0 aliphatic rings. The summed E-state index contributed by atoms with van der Waals surface area (Å²) in [4.78, 5) is 21.4. The molecule has 0 radical (unpaired) electrons. The maximum Gasteiger partial charge on any atom is 0.360 e. The fourth-order valence-electron chi connectivity index (χ4n) is 1.23. The molecule has 14 heavy (non-hydrogen) atoms. The van der Waals surface area contributed by atoms with Crippen LogP contribution in [0.2, 0.25) is 0 Å². The SMILES string of the molecule is O=CNc1cc2ccccc2oc1=O. The van der Waals surface area contributed by atoms with Crippen LogP contribution in [0.1, 0.15) is 0 Å². The quantitative estimate of drug-likeness (QED) is 0.573. The highest BCUT2D eigenvalue weighted by atomic mass is 16.4. The molecule has 0 atom stereocenters. The van der Waals surface area contributed by atoms with Crippen LogP contribution in [0.4, 0.5) is 5.69 Å². The molecular weight excluding hydrogens is 182 g/mol. The summed E-state index contributed by atoms with van der Waals surface area (Å²) in [7, 11) is 0. The second-order valence-corrected chi connectivity index (χ2v) is 2.75. The highest BCUT2D eigenvalue weighted by Gasteiger charge is 2.02. The van der Waals surface area contributed by atoms with E-state index in [4.69, 9.17) is 4.42 Å². The monoisotopic (exact) mass is 189 g/mol. The molecular formula is C10H7NO3.